The van der Waals surface area contributed by atoms with E-state index in [-0.39, 0.29) is 0 Å². The molecule has 1 aliphatic rings. The van der Waals surface area contributed by atoms with Crippen LogP contribution >= 0.6 is 31.9 Å². The first-order chi connectivity index (χ1) is 9.63. The lowest BCUT2D eigenvalue weighted by molar-refractivity contribution is -0.0102. The highest BCUT2D eigenvalue weighted by molar-refractivity contribution is 9.11. The molecular formula is C15H21Br2NO2. The lowest BCUT2D eigenvalue weighted by atomic mass is 9.89. The minimum atomic E-state index is 0.455. The van der Waals surface area contributed by atoms with Crippen LogP contribution in [0.4, 0.5) is 0 Å². The summed E-state index contributed by atoms with van der Waals surface area (Å²) >= 11 is 7.13. The van der Waals surface area contributed by atoms with Gasteiger partial charge in [0, 0.05) is 19.2 Å². The fourth-order valence-electron chi connectivity index (χ4n) is 2.36. The summed E-state index contributed by atoms with van der Waals surface area (Å²) in [5.41, 5.74) is 1.24. The maximum atomic E-state index is 5.59. The van der Waals surface area contributed by atoms with E-state index in [4.69, 9.17) is 9.47 Å². The van der Waals surface area contributed by atoms with Crippen LogP contribution in [0, 0.1) is 0 Å². The first-order valence-electron chi connectivity index (χ1n) is 7.09. The first-order valence-corrected chi connectivity index (χ1v) is 8.68. The Kier molecular flexibility index (Phi) is 6.33. The maximum Gasteiger partial charge on any atom is 0.147 e. The van der Waals surface area contributed by atoms with Gasteiger partial charge in [-0.1, -0.05) is 0 Å². The van der Waals surface area contributed by atoms with E-state index in [1.165, 1.54) is 5.56 Å². The molecule has 1 aromatic rings. The van der Waals surface area contributed by atoms with E-state index in [2.05, 4.69) is 56.2 Å². The molecule has 3 nitrogen and oxygen atoms in total. The highest BCUT2D eigenvalue weighted by Gasteiger charge is 2.28. The highest BCUT2D eigenvalue weighted by atomic mass is 79.9. The summed E-state index contributed by atoms with van der Waals surface area (Å²) in [7, 11) is 0. The number of ether oxygens (including phenoxy) is 2. The summed E-state index contributed by atoms with van der Waals surface area (Å²) in [5.74, 6) is 0.872. The summed E-state index contributed by atoms with van der Waals surface area (Å²) < 4.78 is 13.1. The van der Waals surface area contributed by atoms with Gasteiger partial charge in [0.1, 0.15) is 5.75 Å². The Bertz CT molecular complexity index is 424. The second-order valence-corrected chi connectivity index (χ2v) is 6.66. The monoisotopic (exact) mass is 405 g/mol. The van der Waals surface area contributed by atoms with E-state index in [9.17, 15) is 0 Å². The number of hydrogen-bond acceptors (Lipinski definition) is 3. The molecule has 0 aromatic heterocycles. The van der Waals surface area contributed by atoms with E-state index < -0.39 is 0 Å². The molecule has 0 radical (unpaired) electrons. The Labute approximate surface area is 137 Å². The van der Waals surface area contributed by atoms with Gasteiger partial charge in [0.25, 0.3) is 0 Å². The van der Waals surface area contributed by atoms with Crippen molar-refractivity contribution in [1.29, 1.82) is 0 Å². The number of hydrogen-bond donors (Lipinski definition) is 1. The van der Waals surface area contributed by atoms with Crippen LogP contribution in [-0.2, 0) is 11.3 Å². The molecule has 0 atom stereocenters. The Morgan fingerprint density at radius 2 is 1.80 bits per heavy atom. The van der Waals surface area contributed by atoms with Crippen LogP contribution in [0.2, 0.25) is 0 Å². The third-order valence-corrected chi connectivity index (χ3v) is 4.62. The second kappa shape index (κ2) is 7.78. The van der Waals surface area contributed by atoms with Crippen molar-refractivity contribution in [2.75, 3.05) is 13.2 Å². The van der Waals surface area contributed by atoms with Crippen molar-refractivity contribution in [2.24, 2.45) is 0 Å². The Morgan fingerprint density at radius 1 is 1.15 bits per heavy atom. The highest BCUT2D eigenvalue weighted by Crippen LogP contribution is 2.35. The van der Waals surface area contributed by atoms with Crippen LogP contribution in [0.25, 0.3) is 0 Å². The zero-order valence-corrected chi connectivity index (χ0v) is 15.1. The smallest absolute Gasteiger partial charge is 0.147 e. The quantitative estimate of drug-likeness (QED) is 0.733. The van der Waals surface area contributed by atoms with E-state index >= 15 is 0 Å². The van der Waals surface area contributed by atoms with Gasteiger partial charge < -0.3 is 14.8 Å². The standard InChI is InChI=1S/C15H21Br2NO2/c1-3-19-12-7-11(8-12)18-9-10-5-13(16)15(20-4-2)14(17)6-10/h5-6,11-12,18H,3-4,7-9H2,1-2H3. The van der Waals surface area contributed by atoms with Gasteiger partial charge in [-0.15, -0.1) is 0 Å². The SMILES string of the molecule is CCOc1c(Br)cc(CNC2CC(OCC)C2)cc1Br. The zero-order chi connectivity index (χ0) is 14.5. The van der Waals surface area contributed by atoms with Crippen LogP contribution in [0.15, 0.2) is 21.1 Å². The van der Waals surface area contributed by atoms with Crippen LogP contribution in [0.5, 0.6) is 5.75 Å². The summed E-state index contributed by atoms with van der Waals surface area (Å²) in [6.45, 7) is 6.38. The first kappa shape index (κ1) is 16.3. The number of halogens is 2. The van der Waals surface area contributed by atoms with Crippen molar-refractivity contribution in [1.82, 2.24) is 5.32 Å². The van der Waals surface area contributed by atoms with Crippen LogP contribution in [0.1, 0.15) is 32.3 Å². The van der Waals surface area contributed by atoms with Crippen LogP contribution in [0.3, 0.4) is 0 Å². The average molecular weight is 407 g/mol. The maximum absolute atomic E-state index is 5.59. The topological polar surface area (TPSA) is 30.5 Å². The van der Waals surface area contributed by atoms with Crippen molar-refractivity contribution in [3.63, 3.8) is 0 Å². The molecule has 0 aliphatic heterocycles. The van der Waals surface area contributed by atoms with Gasteiger partial charge in [-0.25, -0.2) is 0 Å². The Hall–Kier alpha value is -0.100. The fraction of sp³-hybridized carbons (Fsp3) is 0.600. The van der Waals surface area contributed by atoms with E-state index in [0.717, 1.165) is 40.7 Å². The third-order valence-electron chi connectivity index (χ3n) is 3.44. The molecule has 20 heavy (non-hydrogen) atoms. The molecule has 0 bridgehead atoms. The van der Waals surface area contributed by atoms with E-state index in [1.54, 1.807) is 0 Å². The normalized spacial score (nSPS) is 21.6. The van der Waals surface area contributed by atoms with Crippen molar-refractivity contribution in [3.8, 4) is 5.75 Å². The molecule has 5 heteroatoms. The van der Waals surface area contributed by atoms with Gasteiger partial charge in [-0.3, -0.25) is 0 Å². The molecule has 0 amide bonds. The van der Waals surface area contributed by atoms with Gasteiger partial charge >= 0.3 is 0 Å². The predicted molar refractivity (Wildman–Crippen MR) is 88.3 cm³/mol. The molecule has 1 fully saturated rings. The molecule has 0 unspecified atom stereocenters. The van der Waals surface area contributed by atoms with Crippen molar-refractivity contribution >= 4 is 31.9 Å². The van der Waals surface area contributed by atoms with Gasteiger partial charge in [-0.05, 0) is 76.2 Å². The van der Waals surface area contributed by atoms with Crippen LogP contribution in [-0.4, -0.2) is 25.4 Å². The van der Waals surface area contributed by atoms with Crippen LogP contribution < -0.4 is 10.1 Å². The molecule has 2 rings (SSSR count). The summed E-state index contributed by atoms with van der Waals surface area (Å²) in [6, 6.07) is 4.80. The van der Waals surface area contributed by atoms with Gasteiger partial charge in [0.05, 0.1) is 21.7 Å². The lowest BCUT2D eigenvalue weighted by Crippen LogP contribution is -2.45. The Balaban J connectivity index is 1.85. The molecule has 1 saturated carbocycles. The summed E-state index contributed by atoms with van der Waals surface area (Å²) in [4.78, 5) is 0. The molecule has 1 aromatic carbocycles. The third kappa shape index (κ3) is 4.20. The summed E-state index contributed by atoms with van der Waals surface area (Å²) in [5, 5.41) is 3.57. The molecule has 0 spiro atoms. The minimum Gasteiger partial charge on any atom is -0.492 e. The van der Waals surface area contributed by atoms with Gasteiger partial charge in [-0.2, -0.15) is 0 Å². The summed E-state index contributed by atoms with van der Waals surface area (Å²) in [6.07, 6.45) is 2.69. The van der Waals surface area contributed by atoms with Gasteiger partial charge in [0.2, 0.25) is 0 Å². The van der Waals surface area contributed by atoms with Crippen molar-refractivity contribution < 1.29 is 9.47 Å². The van der Waals surface area contributed by atoms with E-state index in [0.29, 0.717) is 18.8 Å². The number of benzene rings is 1. The second-order valence-electron chi connectivity index (χ2n) is 4.95. The van der Waals surface area contributed by atoms with Crippen molar-refractivity contribution in [2.45, 2.75) is 45.4 Å². The zero-order valence-electron chi connectivity index (χ0n) is 11.9. The molecule has 0 saturated heterocycles. The van der Waals surface area contributed by atoms with Gasteiger partial charge in [0.15, 0.2) is 0 Å². The average Bonchev–Trinajstić information content (AvgIpc) is 2.36. The molecular weight excluding hydrogens is 386 g/mol. The molecule has 1 N–H and O–H groups in total. The van der Waals surface area contributed by atoms with E-state index in [1.807, 2.05) is 6.92 Å². The minimum absolute atomic E-state index is 0.455. The largest absolute Gasteiger partial charge is 0.492 e. The van der Waals surface area contributed by atoms with Crippen molar-refractivity contribution in [3.05, 3.63) is 26.6 Å². The molecule has 1 aliphatic carbocycles. The number of nitrogens with one attached hydrogen (secondary N) is 1. The predicted octanol–water partition coefficient (Wildman–Crippen LogP) is 4.27. The lowest BCUT2D eigenvalue weighted by Gasteiger charge is -2.35. The fourth-order valence-corrected chi connectivity index (χ4v) is 3.87. The molecule has 112 valence electrons. The molecule has 0 heterocycles. The Morgan fingerprint density at radius 3 is 2.35 bits per heavy atom. The number of rotatable bonds is 7.